The van der Waals surface area contributed by atoms with Gasteiger partial charge in [-0.3, -0.25) is 0 Å². The van der Waals surface area contributed by atoms with Gasteiger partial charge in [0.15, 0.2) is 0 Å². The van der Waals surface area contributed by atoms with Crippen molar-refractivity contribution in [2.24, 2.45) is 16.7 Å². The molecular weight excluding hydrogens is 2370 g/mol. The molecule has 0 fully saturated rings. The summed E-state index contributed by atoms with van der Waals surface area (Å²) in [5.41, 5.74) is 21.7. The minimum Gasteiger partial charge on any atom is -0.304 e. The molecule has 12 aromatic rings. The zero-order valence-electron chi connectivity index (χ0n) is 59.2. The predicted molar refractivity (Wildman–Crippen MR) is 382 cm³/mol. The van der Waals surface area contributed by atoms with E-state index in [0.29, 0.717) is 28.4 Å². The van der Waals surface area contributed by atoms with Crippen molar-refractivity contribution >= 4 is 0 Å². The molecule has 6 heterocycles. The molecule has 0 aliphatic heterocycles. The van der Waals surface area contributed by atoms with Crippen LogP contribution < -0.4 is 0 Å². The fourth-order valence-corrected chi connectivity index (χ4v) is 16.1. The zero-order valence-corrected chi connectivity index (χ0v) is 73.5. The Morgan fingerprint density at radius 3 is 1.10 bits per heavy atom. The Morgan fingerprint density at radius 2 is 0.644 bits per heavy atom. The Balaban J connectivity index is 0.000000174. The molecule has 6 nitrogen and oxygen atoms in total. The molecule has 104 heavy (non-hydrogen) atoms. The number of alkyl halides is 4. The van der Waals surface area contributed by atoms with Crippen molar-refractivity contribution < 1.29 is 138 Å². The summed E-state index contributed by atoms with van der Waals surface area (Å²) >= 11 is 0. The molecule has 546 valence electrons. The topological polar surface area (TPSA) is 77.3 Å². The van der Waals surface area contributed by atoms with Gasteiger partial charge in [-0.05, 0) is 116 Å². The molecular formula is C88H76F4Ir6N6-6. The number of halogens is 4. The monoisotopic (exact) mass is 2450 g/mol. The SMILES string of the molecule is CC(C)(C)C1(C(C)(C)C)c2ccc[c-]c2-c2ncccc21.CC1(C)c2ccc[c-]c2-c2ncccc21.CCC(C)CC1(C)c2ccc[c-]c2-c2ncccc21.FC1(F)c2ccc[c-]c2-c2ncccc21.FC1(F)c2ccc[c-]c2-c2ncccc21.[Ir].[Ir].[Ir].[Ir].[Ir].[Ir].[c-]1cccc2c1-c1ncccc1C2. The van der Waals surface area contributed by atoms with Gasteiger partial charge >= 0.3 is 0 Å². The Bertz CT molecular complexity index is 4440. The maximum Gasteiger partial charge on any atom is 0.260 e. The van der Waals surface area contributed by atoms with Gasteiger partial charge < -0.3 is 29.9 Å². The van der Waals surface area contributed by atoms with E-state index in [1.165, 1.54) is 123 Å². The standard InChI is InChI=1S/C20H24N.C18H20N.C14H12N.2C12H6F2N.C12H8N.6Ir/c1-18(2,3)20(19(4,5)6)15-11-8-7-10-14(15)17-16(20)12-9-13-21-17;1-4-13(2)12-18(3)15-9-6-5-8-14(15)17-16(18)10-7-11-19-17;1-14(2)11-7-4-3-6-10(11)13-12(14)8-5-9-15-13;2*13-12(14)9-5-2-1-4-8(9)11-10(12)6-3-7-15-11;1-2-6-11-9(4-1)8-10-5-3-7-13-12(10)11;;;;;;/h7-9,11-13H,1-6H3;5-7,9-11,13H,4,12H2,1-3H3;3-5,7-9H,1-2H3;2*1-3,5-7H;1-5,7H,8H2;;;;;;/q6*-1;;;;;;. The summed E-state index contributed by atoms with van der Waals surface area (Å²) in [6.45, 7) is 25.5. The number of benzene rings is 6. The van der Waals surface area contributed by atoms with Crippen molar-refractivity contribution in [3.8, 4) is 67.5 Å². The molecule has 2 atom stereocenters. The molecule has 18 rings (SSSR count). The van der Waals surface area contributed by atoms with Crippen LogP contribution in [0, 0.1) is 53.1 Å². The van der Waals surface area contributed by atoms with E-state index >= 15 is 0 Å². The maximum absolute atomic E-state index is 13.9. The molecule has 6 aliphatic carbocycles. The second-order valence-electron chi connectivity index (χ2n) is 28.6. The maximum atomic E-state index is 13.9. The van der Waals surface area contributed by atoms with Crippen molar-refractivity contribution in [3.63, 3.8) is 0 Å². The van der Waals surface area contributed by atoms with Gasteiger partial charge in [0.25, 0.3) is 11.8 Å². The molecule has 16 heteroatoms. The van der Waals surface area contributed by atoms with E-state index in [4.69, 9.17) is 4.98 Å². The van der Waals surface area contributed by atoms with Crippen LogP contribution in [0.2, 0.25) is 0 Å². The summed E-state index contributed by atoms with van der Waals surface area (Å²) in [7, 11) is 0. The van der Waals surface area contributed by atoms with Crippen molar-refractivity contribution in [2.45, 2.75) is 124 Å². The number of rotatable bonds is 3. The molecule has 0 amide bonds. The van der Waals surface area contributed by atoms with Gasteiger partial charge in [-0.2, -0.15) is 0 Å². The number of aromatic nitrogens is 6. The van der Waals surface area contributed by atoms with Gasteiger partial charge in [0.05, 0.1) is 0 Å². The van der Waals surface area contributed by atoms with Crippen LogP contribution in [0.25, 0.3) is 67.5 Å². The number of pyridine rings is 6. The van der Waals surface area contributed by atoms with Gasteiger partial charge in [-0.25, -0.2) is 17.6 Å². The number of fused-ring (bicyclic) bond motifs is 18. The summed E-state index contributed by atoms with van der Waals surface area (Å²) in [6.07, 6.45) is 13.9. The molecule has 0 bridgehead atoms. The van der Waals surface area contributed by atoms with Gasteiger partial charge in [-0.15, -0.1) is 201 Å². The normalized spacial score (nSPS) is 15.7. The summed E-state index contributed by atoms with van der Waals surface area (Å²) in [6, 6.07) is 76.0. The number of nitrogens with zero attached hydrogens (tertiary/aromatic N) is 6. The minimum atomic E-state index is -2.93. The Kier molecular flexibility index (Phi) is 27.8. The number of hydrogen-bond donors (Lipinski definition) is 0. The van der Waals surface area contributed by atoms with Crippen LogP contribution in [0.3, 0.4) is 0 Å². The van der Waals surface area contributed by atoms with Crippen LogP contribution in [0.5, 0.6) is 0 Å². The predicted octanol–water partition coefficient (Wildman–Crippen LogP) is 21.5. The molecule has 6 aromatic carbocycles. The van der Waals surface area contributed by atoms with Gasteiger partial charge in [0, 0.05) is 169 Å². The van der Waals surface area contributed by atoms with Crippen molar-refractivity contribution in [1.82, 2.24) is 29.9 Å². The summed E-state index contributed by atoms with van der Waals surface area (Å²) in [5, 5.41) is 0. The van der Waals surface area contributed by atoms with Gasteiger partial charge in [-0.1, -0.05) is 152 Å². The second kappa shape index (κ2) is 34.0. The third-order valence-corrected chi connectivity index (χ3v) is 20.4. The van der Waals surface area contributed by atoms with E-state index < -0.39 is 11.8 Å². The van der Waals surface area contributed by atoms with Gasteiger partial charge in [0.1, 0.15) is 0 Å². The van der Waals surface area contributed by atoms with E-state index in [9.17, 15) is 17.6 Å². The molecule has 0 saturated carbocycles. The smallest absolute Gasteiger partial charge is 0.260 e. The van der Waals surface area contributed by atoms with Crippen LogP contribution in [-0.2, 0) is 155 Å². The summed E-state index contributed by atoms with van der Waals surface area (Å²) in [5.74, 6) is -5.16. The Hall–Kier alpha value is -6.16. The fourth-order valence-electron chi connectivity index (χ4n) is 16.1. The van der Waals surface area contributed by atoms with E-state index in [1.807, 2.05) is 73.3 Å². The van der Waals surface area contributed by atoms with Crippen molar-refractivity contribution in [3.05, 3.63) is 322 Å². The molecule has 6 radical (unpaired) electrons. The van der Waals surface area contributed by atoms with Crippen LogP contribution in [0.1, 0.15) is 156 Å². The fraction of sp³-hybridized carbons (Fsp3) is 0.250. The second-order valence-corrected chi connectivity index (χ2v) is 28.6. The van der Waals surface area contributed by atoms with E-state index in [1.54, 1.807) is 24.3 Å². The molecule has 0 N–H and O–H groups in total. The molecule has 6 aromatic heterocycles. The van der Waals surface area contributed by atoms with Crippen LogP contribution >= 0.6 is 0 Å². The van der Waals surface area contributed by atoms with Crippen LogP contribution in [-0.4, -0.2) is 29.9 Å². The average Bonchev–Trinajstić information content (AvgIpc) is 1.51. The zero-order chi connectivity index (χ0) is 69.0. The first kappa shape index (κ1) is 85.1. The third-order valence-electron chi connectivity index (χ3n) is 20.4. The quantitative estimate of drug-likeness (QED) is 0.130. The van der Waals surface area contributed by atoms with Crippen molar-refractivity contribution in [1.29, 1.82) is 0 Å². The Morgan fingerprint density at radius 1 is 0.346 bits per heavy atom. The van der Waals surface area contributed by atoms with E-state index in [0.717, 1.165) is 34.8 Å². The van der Waals surface area contributed by atoms with E-state index in [-0.39, 0.29) is 170 Å². The summed E-state index contributed by atoms with van der Waals surface area (Å²) in [4.78, 5) is 26.1. The largest absolute Gasteiger partial charge is 0.304 e. The molecule has 2 unspecified atom stereocenters. The van der Waals surface area contributed by atoms with Crippen molar-refractivity contribution in [2.75, 3.05) is 0 Å². The average molecular weight is 2450 g/mol. The first-order valence-corrected chi connectivity index (χ1v) is 33.5. The minimum absolute atomic E-state index is 0. The van der Waals surface area contributed by atoms with Crippen LogP contribution in [0.15, 0.2) is 219 Å². The molecule has 6 aliphatic rings. The summed E-state index contributed by atoms with van der Waals surface area (Å²) < 4.78 is 55.5. The molecule has 0 saturated heterocycles. The van der Waals surface area contributed by atoms with Crippen LogP contribution in [0.4, 0.5) is 17.6 Å². The molecule has 0 spiro atoms. The number of hydrogen-bond acceptors (Lipinski definition) is 6. The first-order chi connectivity index (χ1) is 47.0. The van der Waals surface area contributed by atoms with Gasteiger partial charge in [0.2, 0.25) is 0 Å². The first-order valence-electron chi connectivity index (χ1n) is 33.5. The third kappa shape index (κ3) is 15.1. The Labute approximate surface area is 691 Å². The van der Waals surface area contributed by atoms with E-state index in [2.05, 4.69) is 210 Å².